The fraction of sp³-hybridized carbons (Fsp3) is 0.655. The van der Waals surface area contributed by atoms with Gasteiger partial charge in [-0.15, -0.1) is 0 Å². The van der Waals surface area contributed by atoms with Crippen LogP contribution in [0.3, 0.4) is 0 Å². The second-order valence-corrected chi connectivity index (χ2v) is 10.8. The molecule has 194 valence electrons. The van der Waals surface area contributed by atoms with Gasteiger partial charge in [0.1, 0.15) is 17.9 Å². The van der Waals surface area contributed by atoms with Crippen LogP contribution in [0.5, 0.6) is 0 Å². The van der Waals surface area contributed by atoms with E-state index in [0.717, 1.165) is 81.7 Å². The van der Waals surface area contributed by atoms with E-state index in [2.05, 4.69) is 10.2 Å². The van der Waals surface area contributed by atoms with Crippen molar-refractivity contribution < 1.29 is 18.3 Å². The highest BCUT2D eigenvalue weighted by molar-refractivity contribution is 5.47. The van der Waals surface area contributed by atoms with Gasteiger partial charge in [0.25, 0.3) is 0 Å². The Hall–Kier alpha value is -1.63. The third-order valence-corrected chi connectivity index (χ3v) is 8.31. The van der Waals surface area contributed by atoms with E-state index >= 15 is 8.78 Å². The summed E-state index contributed by atoms with van der Waals surface area (Å²) >= 11 is 0. The van der Waals surface area contributed by atoms with E-state index < -0.39 is 17.7 Å². The minimum absolute atomic E-state index is 0.128. The van der Waals surface area contributed by atoms with Crippen LogP contribution in [0.15, 0.2) is 58.5 Å². The molecule has 0 aromatic carbocycles. The van der Waals surface area contributed by atoms with E-state index in [1.54, 1.807) is 25.2 Å². The molecule has 0 amide bonds. The summed E-state index contributed by atoms with van der Waals surface area (Å²) in [6.45, 7) is 5.66. The monoisotopic (exact) mass is 490 g/mol. The van der Waals surface area contributed by atoms with Gasteiger partial charge in [-0.2, -0.15) is 0 Å². The number of rotatable bonds is 8. The molecule has 2 fully saturated rings. The molecule has 4 aliphatic rings. The summed E-state index contributed by atoms with van der Waals surface area (Å²) in [4.78, 5) is 2.17. The number of nitrogens with one attached hydrogen (secondary N) is 1. The number of likely N-dealkylation sites (tertiary alicyclic amines) is 1. The van der Waals surface area contributed by atoms with Gasteiger partial charge in [-0.25, -0.2) is 13.2 Å². The summed E-state index contributed by atoms with van der Waals surface area (Å²) in [5.41, 5.74) is 2.33. The molecule has 35 heavy (non-hydrogen) atoms. The highest BCUT2D eigenvalue weighted by Gasteiger charge is 2.31. The molecule has 5 atom stereocenters. The summed E-state index contributed by atoms with van der Waals surface area (Å²) in [5.74, 6) is -1.16. The van der Waals surface area contributed by atoms with Crippen molar-refractivity contribution in [3.05, 3.63) is 58.5 Å². The summed E-state index contributed by atoms with van der Waals surface area (Å²) in [6.07, 6.45) is 14.4. The fourth-order valence-electron chi connectivity index (χ4n) is 6.26. The first-order valence-corrected chi connectivity index (χ1v) is 13.5. The highest BCUT2D eigenvalue weighted by Crippen LogP contribution is 2.41. The summed E-state index contributed by atoms with van der Waals surface area (Å²) in [5, 5.41) is 14.0. The van der Waals surface area contributed by atoms with Crippen molar-refractivity contribution in [1.29, 1.82) is 0 Å². The van der Waals surface area contributed by atoms with Crippen molar-refractivity contribution in [2.75, 3.05) is 13.1 Å². The standard InChI is InChI=1S/C29H41F3N2O/c1-3-21(30)17-25-19(2)9-10-23(25)24-11-12-28(27(32)18-26(24)31)33-22-8-6-7-20(15-22)16-29(35)34-13-4-5-14-34/h11-12,17-18,20,22-23,28-29,33,35H,3-10,13-16H2,1-2H3. The molecule has 5 unspecified atom stereocenters. The second kappa shape index (κ2) is 12.1. The van der Waals surface area contributed by atoms with E-state index in [0.29, 0.717) is 24.3 Å². The number of allylic oxidation sites excluding steroid dienone is 8. The maximum atomic E-state index is 15.2. The van der Waals surface area contributed by atoms with Gasteiger partial charge in [0.15, 0.2) is 0 Å². The van der Waals surface area contributed by atoms with E-state index in [1.165, 1.54) is 0 Å². The van der Waals surface area contributed by atoms with E-state index in [1.807, 2.05) is 6.92 Å². The van der Waals surface area contributed by atoms with E-state index in [4.69, 9.17) is 0 Å². The smallest absolute Gasteiger partial charge is 0.129 e. The topological polar surface area (TPSA) is 35.5 Å². The largest absolute Gasteiger partial charge is 0.378 e. The van der Waals surface area contributed by atoms with Crippen LogP contribution in [0.4, 0.5) is 13.2 Å². The number of hydrogen-bond acceptors (Lipinski definition) is 3. The average molecular weight is 491 g/mol. The van der Waals surface area contributed by atoms with Crippen molar-refractivity contribution >= 4 is 0 Å². The molecule has 0 radical (unpaired) electrons. The Balaban J connectivity index is 1.41. The van der Waals surface area contributed by atoms with Gasteiger partial charge in [0, 0.05) is 31.1 Å². The fourth-order valence-corrected chi connectivity index (χ4v) is 6.26. The maximum Gasteiger partial charge on any atom is 0.129 e. The van der Waals surface area contributed by atoms with Gasteiger partial charge in [-0.05, 0) is 81.4 Å². The Morgan fingerprint density at radius 2 is 1.97 bits per heavy atom. The molecule has 0 aromatic heterocycles. The van der Waals surface area contributed by atoms with Crippen molar-refractivity contribution in [1.82, 2.24) is 10.2 Å². The molecule has 0 aromatic rings. The molecule has 0 spiro atoms. The number of nitrogens with zero attached hydrogens (tertiary/aromatic N) is 1. The quantitative estimate of drug-likeness (QED) is 0.387. The molecule has 3 nitrogen and oxygen atoms in total. The van der Waals surface area contributed by atoms with Gasteiger partial charge in [-0.1, -0.05) is 37.5 Å². The molecule has 1 saturated heterocycles. The van der Waals surface area contributed by atoms with Crippen LogP contribution < -0.4 is 5.32 Å². The summed E-state index contributed by atoms with van der Waals surface area (Å²) < 4.78 is 44.3. The Bertz CT molecular complexity index is 913. The predicted octanol–water partition coefficient (Wildman–Crippen LogP) is 6.94. The zero-order valence-corrected chi connectivity index (χ0v) is 21.2. The molecule has 0 bridgehead atoms. The lowest BCUT2D eigenvalue weighted by Gasteiger charge is -2.34. The number of hydrogen-bond donors (Lipinski definition) is 2. The lowest BCUT2D eigenvalue weighted by Crippen LogP contribution is -2.42. The molecule has 3 aliphatic carbocycles. The Morgan fingerprint density at radius 1 is 1.20 bits per heavy atom. The summed E-state index contributed by atoms with van der Waals surface area (Å²) in [7, 11) is 0. The molecule has 2 N–H and O–H groups in total. The molecule has 6 heteroatoms. The van der Waals surface area contributed by atoms with Crippen molar-refractivity contribution in [3.8, 4) is 0 Å². The van der Waals surface area contributed by atoms with Gasteiger partial charge in [0.05, 0.1) is 11.9 Å². The minimum atomic E-state index is -0.677. The minimum Gasteiger partial charge on any atom is -0.378 e. The van der Waals surface area contributed by atoms with Gasteiger partial charge in [0.2, 0.25) is 0 Å². The Kier molecular flexibility index (Phi) is 9.12. The lowest BCUT2D eigenvalue weighted by atomic mass is 9.83. The van der Waals surface area contributed by atoms with Crippen LogP contribution in [0.1, 0.15) is 78.1 Å². The van der Waals surface area contributed by atoms with Crippen LogP contribution in [0, 0.1) is 11.8 Å². The second-order valence-electron chi connectivity index (χ2n) is 10.8. The zero-order chi connectivity index (χ0) is 24.9. The van der Waals surface area contributed by atoms with E-state index in [-0.39, 0.29) is 24.0 Å². The van der Waals surface area contributed by atoms with Crippen LogP contribution in [-0.2, 0) is 0 Å². The third-order valence-electron chi connectivity index (χ3n) is 8.31. The van der Waals surface area contributed by atoms with Crippen LogP contribution >= 0.6 is 0 Å². The van der Waals surface area contributed by atoms with Gasteiger partial charge < -0.3 is 10.4 Å². The predicted molar refractivity (Wildman–Crippen MR) is 135 cm³/mol. The number of aliphatic hydroxyl groups excluding tert-OH is 1. The zero-order valence-electron chi connectivity index (χ0n) is 21.2. The van der Waals surface area contributed by atoms with Crippen LogP contribution in [0.25, 0.3) is 0 Å². The van der Waals surface area contributed by atoms with Crippen LogP contribution in [0.2, 0.25) is 0 Å². The van der Waals surface area contributed by atoms with Gasteiger partial charge in [-0.3, -0.25) is 4.90 Å². The lowest BCUT2D eigenvalue weighted by molar-refractivity contribution is -0.00421. The first kappa shape index (κ1) is 26.4. The molecule has 1 aliphatic heterocycles. The normalized spacial score (nSPS) is 31.8. The van der Waals surface area contributed by atoms with Crippen molar-refractivity contribution in [2.24, 2.45) is 11.8 Å². The van der Waals surface area contributed by atoms with Crippen LogP contribution in [-0.4, -0.2) is 41.4 Å². The van der Waals surface area contributed by atoms with Gasteiger partial charge >= 0.3 is 0 Å². The average Bonchev–Trinajstić information content (AvgIpc) is 3.47. The Morgan fingerprint density at radius 3 is 2.71 bits per heavy atom. The summed E-state index contributed by atoms with van der Waals surface area (Å²) in [6, 6.07) is -0.549. The molecule has 1 saturated carbocycles. The molecular weight excluding hydrogens is 449 g/mol. The molecular formula is C29H41F3N2O. The SMILES string of the molecule is CCC(F)=CC1=C(C)CCC1C1=C(F)C=C(F)C(NC2CCCC(CC(O)N3CCCC3)C2)C=C1. The number of aliphatic hydroxyl groups is 1. The van der Waals surface area contributed by atoms with Crippen molar-refractivity contribution in [2.45, 2.75) is 96.4 Å². The third kappa shape index (κ3) is 6.58. The Labute approximate surface area is 208 Å². The van der Waals surface area contributed by atoms with Crippen molar-refractivity contribution in [3.63, 3.8) is 0 Å². The maximum absolute atomic E-state index is 15.2. The number of halogens is 3. The highest BCUT2D eigenvalue weighted by atomic mass is 19.1. The first-order valence-electron chi connectivity index (χ1n) is 13.5. The molecule has 4 rings (SSSR count). The molecule has 1 heterocycles. The first-order chi connectivity index (χ1) is 16.9. The van der Waals surface area contributed by atoms with E-state index in [9.17, 15) is 9.50 Å².